The molecule has 0 aliphatic carbocycles. The van der Waals surface area contributed by atoms with Crippen LogP contribution in [0.3, 0.4) is 0 Å². The van der Waals surface area contributed by atoms with E-state index >= 15 is 0 Å². The van der Waals surface area contributed by atoms with Crippen molar-refractivity contribution < 1.29 is 4.42 Å². The normalized spacial score (nSPS) is 14.1. The Morgan fingerprint density at radius 1 is 1.26 bits per heavy atom. The molecular weight excluding hydrogens is 349 g/mol. The van der Waals surface area contributed by atoms with E-state index in [2.05, 4.69) is 42.0 Å². The van der Waals surface area contributed by atoms with Crippen LogP contribution in [0.2, 0.25) is 10.0 Å². The number of hydrogen-bond donors (Lipinski definition) is 1. The number of nitrogens with one attached hydrogen (secondary N) is 1. The number of rotatable bonds is 2. The average Bonchev–Trinajstić information content (AvgIpc) is 2.70. The molecule has 2 nitrogen and oxygen atoms in total. The van der Waals surface area contributed by atoms with Crippen LogP contribution in [-0.2, 0) is 0 Å². The number of benzene rings is 1. The van der Waals surface area contributed by atoms with Gasteiger partial charge >= 0.3 is 0 Å². The second-order valence-corrected chi connectivity index (χ2v) is 7.27. The fourth-order valence-electron chi connectivity index (χ4n) is 2.26. The topological polar surface area (TPSA) is 25.2 Å². The molecule has 0 bridgehead atoms. The van der Waals surface area contributed by atoms with Gasteiger partial charge in [-0.2, -0.15) is 0 Å². The van der Waals surface area contributed by atoms with E-state index in [4.69, 9.17) is 27.6 Å². The van der Waals surface area contributed by atoms with Crippen molar-refractivity contribution in [1.29, 1.82) is 0 Å². The van der Waals surface area contributed by atoms with E-state index in [1.54, 1.807) is 6.07 Å². The van der Waals surface area contributed by atoms with Gasteiger partial charge in [-0.25, -0.2) is 0 Å². The molecule has 0 amide bonds. The van der Waals surface area contributed by atoms with Gasteiger partial charge in [0.25, 0.3) is 0 Å². The highest BCUT2D eigenvalue weighted by atomic mass is 79.9. The fourth-order valence-corrected chi connectivity index (χ4v) is 3.28. The summed E-state index contributed by atoms with van der Waals surface area (Å²) in [5.41, 5.74) is 0.660. The lowest BCUT2D eigenvalue weighted by Gasteiger charge is -2.28. The van der Waals surface area contributed by atoms with Gasteiger partial charge in [-0.05, 0) is 40.5 Å². The Balaban J connectivity index is 2.65. The maximum atomic E-state index is 6.29. The molecule has 0 radical (unpaired) electrons. The van der Waals surface area contributed by atoms with E-state index in [9.17, 15) is 0 Å². The van der Waals surface area contributed by atoms with Crippen molar-refractivity contribution in [3.8, 4) is 0 Å². The second-order valence-electron chi connectivity index (χ2n) is 5.63. The van der Waals surface area contributed by atoms with E-state index in [0.29, 0.717) is 15.6 Å². The van der Waals surface area contributed by atoms with Gasteiger partial charge in [-0.15, -0.1) is 0 Å². The lowest BCUT2D eigenvalue weighted by molar-refractivity contribution is 0.253. The third kappa shape index (κ3) is 2.80. The molecule has 1 atom stereocenters. The maximum Gasteiger partial charge on any atom is 0.154 e. The Bertz CT molecular complexity index is 616. The van der Waals surface area contributed by atoms with Crippen molar-refractivity contribution in [3.05, 3.63) is 32.4 Å². The molecule has 1 heterocycles. The van der Waals surface area contributed by atoms with Crippen molar-refractivity contribution in [2.45, 2.75) is 26.8 Å². The fraction of sp³-hybridized carbons (Fsp3) is 0.429. The number of fused-ring (bicyclic) bond motifs is 1. The average molecular weight is 365 g/mol. The zero-order valence-corrected chi connectivity index (χ0v) is 14.4. The van der Waals surface area contributed by atoms with Crippen LogP contribution in [0, 0.1) is 5.41 Å². The predicted molar refractivity (Wildman–Crippen MR) is 85.2 cm³/mol. The minimum atomic E-state index is 0.0266. The lowest BCUT2D eigenvalue weighted by atomic mass is 9.85. The Hall–Kier alpha value is -0.220. The molecule has 0 aliphatic heterocycles. The first kappa shape index (κ1) is 15.2. The van der Waals surface area contributed by atoms with E-state index in [-0.39, 0.29) is 11.5 Å². The van der Waals surface area contributed by atoms with Crippen LogP contribution in [0.1, 0.15) is 32.6 Å². The van der Waals surface area contributed by atoms with Gasteiger partial charge in [0.15, 0.2) is 5.58 Å². The summed E-state index contributed by atoms with van der Waals surface area (Å²) in [6, 6.07) is 3.80. The van der Waals surface area contributed by atoms with Crippen LogP contribution in [0.25, 0.3) is 11.0 Å². The number of halogens is 3. The van der Waals surface area contributed by atoms with Gasteiger partial charge in [0.2, 0.25) is 0 Å². The van der Waals surface area contributed by atoms with E-state index < -0.39 is 0 Å². The first-order chi connectivity index (χ1) is 8.75. The van der Waals surface area contributed by atoms with Gasteiger partial charge in [0, 0.05) is 9.86 Å². The molecule has 104 valence electrons. The van der Waals surface area contributed by atoms with Crippen molar-refractivity contribution >= 4 is 50.1 Å². The van der Waals surface area contributed by atoms with Gasteiger partial charge in [0.1, 0.15) is 5.76 Å². The van der Waals surface area contributed by atoms with Crippen LogP contribution in [0.5, 0.6) is 0 Å². The van der Waals surface area contributed by atoms with Crippen molar-refractivity contribution in [2.24, 2.45) is 5.41 Å². The highest BCUT2D eigenvalue weighted by molar-refractivity contribution is 9.10. The molecule has 2 aromatic rings. The Morgan fingerprint density at radius 2 is 1.89 bits per heavy atom. The molecule has 2 rings (SSSR count). The van der Waals surface area contributed by atoms with Crippen LogP contribution in [-0.4, -0.2) is 7.05 Å². The molecule has 19 heavy (non-hydrogen) atoms. The van der Waals surface area contributed by atoms with E-state index in [1.807, 2.05) is 13.1 Å². The highest BCUT2D eigenvalue weighted by Gasteiger charge is 2.28. The summed E-state index contributed by atoms with van der Waals surface area (Å²) in [6.07, 6.45) is 0. The Morgan fingerprint density at radius 3 is 2.42 bits per heavy atom. The maximum absolute atomic E-state index is 6.29. The summed E-state index contributed by atoms with van der Waals surface area (Å²) in [5, 5.41) is 5.30. The number of furan rings is 1. The van der Waals surface area contributed by atoms with Gasteiger partial charge in [-0.3, -0.25) is 0 Å². The third-order valence-electron chi connectivity index (χ3n) is 3.11. The summed E-state index contributed by atoms with van der Waals surface area (Å²) in [6.45, 7) is 6.46. The van der Waals surface area contributed by atoms with Gasteiger partial charge in [-0.1, -0.05) is 44.0 Å². The SMILES string of the molecule is CNC(c1cc2c(Cl)c(Br)cc(Cl)c2o1)C(C)(C)C. The molecule has 0 saturated carbocycles. The summed E-state index contributed by atoms with van der Waals surface area (Å²) < 4.78 is 6.69. The Kier molecular flexibility index (Phi) is 4.22. The predicted octanol–water partition coefficient (Wildman–Crippen LogP) is 5.81. The molecular formula is C14H16BrCl2NO. The van der Waals surface area contributed by atoms with Crippen LogP contribution in [0.4, 0.5) is 0 Å². The largest absolute Gasteiger partial charge is 0.458 e. The smallest absolute Gasteiger partial charge is 0.154 e. The lowest BCUT2D eigenvalue weighted by Crippen LogP contribution is -2.29. The molecule has 0 aliphatic rings. The number of hydrogen-bond acceptors (Lipinski definition) is 2. The van der Waals surface area contributed by atoms with Crippen molar-refractivity contribution in [1.82, 2.24) is 5.32 Å². The van der Waals surface area contributed by atoms with Gasteiger partial charge < -0.3 is 9.73 Å². The van der Waals surface area contributed by atoms with Crippen molar-refractivity contribution in [2.75, 3.05) is 7.05 Å². The molecule has 1 aromatic carbocycles. The monoisotopic (exact) mass is 363 g/mol. The molecule has 5 heteroatoms. The second kappa shape index (κ2) is 5.28. The van der Waals surface area contributed by atoms with Crippen LogP contribution in [0.15, 0.2) is 21.0 Å². The third-order valence-corrected chi connectivity index (χ3v) is 4.65. The molecule has 0 saturated heterocycles. The minimum absolute atomic E-state index is 0.0266. The minimum Gasteiger partial charge on any atom is -0.458 e. The first-order valence-electron chi connectivity index (χ1n) is 6.00. The van der Waals surface area contributed by atoms with Crippen LogP contribution < -0.4 is 5.32 Å². The zero-order chi connectivity index (χ0) is 14.4. The quantitative estimate of drug-likeness (QED) is 0.680. The summed E-state index contributed by atoms with van der Waals surface area (Å²) in [7, 11) is 1.92. The molecule has 0 spiro atoms. The first-order valence-corrected chi connectivity index (χ1v) is 7.54. The molecule has 1 unspecified atom stereocenters. The standard InChI is InChI=1S/C14H16BrCl2NO/c1-14(2,3)13(18-4)10-5-7-11(17)8(15)6-9(16)12(7)19-10/h5-6,13,18H,1-4H3. The summed E-state index contributed by atoms with van der Waals surface area (Å²) in [4.78, 5) is 0. The zero-order valence-electron chi connectivity index (χ0n) is 11.3. The van der Waals surface area contributed by atoms with Crippen molar-refractivity contribution in [3.63, 3.8) is 0 Å². The Labute approximate surface area is 131 Å². The molecule has 1 aromatic heterocycles. The van der Waals surface area contributed by atoms with Gasteiger partial charge in [0.05, 0.1) is 16.1 Å². The highest BCUT2D eigenvalue weighted by Crippen LogP contribution is 2.41. The van der Waals surface area contributed by atoms with Crippen LogP contribution >= 0.6 is 39.1 Å². The van der Waals surface area contributed by atoms with E-state index in [1.165, 1.54) is 0 Å². The molecule has 1 N–H and O–H groups in total. The summed E-state index contributed by atoms with van der Waals surface area (Å²) >= 11 is 15.9. The van der Waals surface area contributed by atoms with E-state index in [0.717, 1.165) is 15.6 Å². The summed E-state index contributed by atoms with van der Waals surface area (Å²) in [5.74, 6) is 0.840. The molecule has 0 fully saturated rings.